The number of hydrogen-bond donors (Lipinski definition) is 1. The Labute approximate surface area is 225 Å². The molecule has 2 heterocycles. The van der Waals surface area contributed by atoms with Crippen molar-refractivity contribution < 1.29 is 24.2 Å². The van der Waals surface area contributed by atoms with Gasteiger partial charge in [0.1, 0.15) is 29.0 Å². The molecule has 4 aromatic rings. The summed E-state index contributed by atoms with van der Waals surface area (Å²) in [6, 6.07) is 26.2. The van der Waals surface area contributed by atoms with Crippen LogP contribution in [-0.2, 0) is 9.59 Å². The highest BCUT2D eigenvalue weighted by molar-refractivity contribution is 7.10. The van der Waals surface area contributed by atoms with Gasteiger partial charge in [-0.25, -0.2) is 0 Å². The first-order valence-corrected chi connectivity index (χ1v) is 13.2. The largest absolute Gasteiger partial charge is 0.507 e. The number of aliphatic hydroxyl groups excluding tert-OH is 1. The summed E-state index contributed by atoms with van der Waals surface area (Å²) in [5.41, 5.74) is 1.02. The first kappa shape index (κ1) is 25.3. The Kier molecular flexibility index (Phi) is 7.29. The molecule has 0 bridgehead atoms. The van der Waals surface area contributed by atoms with Gasteiger partial charge in [0.05, 0.1) is 12.2 Å². The molecule has 0 aliphatic carbocycles. The lowest BCUT2D eigenvalue weighted by Gasteiger charge is -2.24. The molecule has 1 saturated heterocycles. The summed E-state index contributed by atoms with van der Waals surface area (Å²) in [5.74, 6) is 0.698. The van der Waals surface area contributed by atoms with Crippen LogP contribution in [0.2, 0.25) is 0 Å². The van der Waals surface area contributed by atoms with Crippen molar-refractivity contribution in [2.24, 2.45) is 5.92 Å². The number of para-hydroxylation sites is 1. The zero-order valence-corrected chi connectivity index (χ0v) is 21.9. The molecule has 0 saturated carbocycles. The van der Waals surface area contributed by atoms with Gasteiger partial charge in [-0.05, 0) is 78.0 Å². The first-order valence-electron chi connectivity index (χ1n) is 12.3. The fourth-order valence-corrected chi connectivity index (χ4v) is 5.07. The number of carbonyl (C=O) groups excluding carboxylic acids is 2. The minimum absolute atomic E-state index is 0.0536. The van der Waals surface area contributed by atoms with Crippen molar-refractivity contribution in [3.05, 3.63) is 112 Å². The number of amides is 1. The number of aliphatic hydroxyl groups is 1. The van der Waals surface area contributed by atoms with E-state index in [2.05, 4.69) is 13.8 Å². The van der Waals surface area contributed by atoms with Crippen LogP contribution in [0.15, 0.2) is 102 Å². The number of rotatable bonds is 8. The monoisotopic (exact) mass is 525 g/mol. The summed E-state index contributed by atoms with van der Waals surface area (Å²) in [5, 5.41) is 13.2. The third-order valence-electron chi connectivity index (χ3n) is 6.06. The first-order chi connectivity index (χ1) is 18.4. The Morgan fingerprint density at radius 3 is 2.16 bits per heavy atom. The maximum Gasteiger partial charge on any atom is 0.300 e. The molecule has 6 nitrogen and oxygen atoms in total. The maximum absolute atomic E-state index is 13.3. The van der Waals surface area contributed by atoms with Crippen LogP contribution in [0.5, 0.6) is 17.2 Å². The van der Waals surface area contributed by atoms with Gasteiger partial charge in [-0.15, -0.1) is 11.3 Å². The lowest BCUT2D eigenvalue weighted by molar-refractivity contribution is -0.132. The van der Waals surface area contributed by atoms with E-state index < -0.39 is 17.7 Å². The number of benzene rings is 3. The Morgan fingerprint density at radius 2 is 1.53 bits per heavy atom. The van der Waals surface area contributed by atoms with Crippen LogP contribution in [-0.4, -0.2) is 23.4 Å². The lowest BCUT2D eigenvalue weighted by atomic mass is 9.99. The molecule has 1 aliphatic heterocycles. The van der Waals surface area contributed by atoms with E-state index in [9.17, 15) is 14.7 Å². The van der Waals surface area contributed by atoms with E-state index in [0.29, 0.717) is 41.0 Å². The minimum atomic E-state index is -0.757. The predicted molar refractivity (Wildman–Crippen MR) is 149 cm³/mol. The molecule has 38 heavy (non-hydrogen) atoms. The van der Waals surface area contributed by atoms with Crippen molar-refractivity contribution >= 4 is 34.5 Å². The van der Waals surface area contributed by atoms with E-state index in [1.165, 1.54) is 16.2 Å². The molecule has 5 rings (SSSR count). The second-order valence-electron chi connectivity index (χ2n) is 9.32. The van der Waals surface area contributed by atoms with E-state index in [-0.39, 0.29) is 11.3 Å². The van der Waals surface area contributed by atoms with Crippen LogP contribution < -0.4 is 14.4 Å². The average Bonchev–Trinajstić information content (AvgIpc) is 3.55. The molecule has 3 aromatic carbocycles. The van der Waals surface area contributed by atoms with E-state index in [4.69, 9.17) is 9.47 Å². The third kappa shape index (κ3) is 5.19. The quantitative estimate of drug-likeness (QED) is 0.150. The molecule has 1 aliphatic rings. The van der Waals surface area contributed by atoms with Crippen molar-refractivity contribution in [2.45, 2.75) is 19.9 Å². The van der Waals surface area contributed by atoms with Gasteiger partial charge in [0.2, 0.25) is 0 Å². The Morgan fingerprint density at radius 1 is 0.868 bits per heavy atom. The summed E-state index contributed by atoms with van der Waals surface area (Å²) in [7, 11) is 0. The zero-order chi connectivity index (χ0) is 26.6. The van der Waals surface area contributed by atoms with E-state index in [0.717, 1.165) is 4.88 Å². The Hall–Kier alpha value is -4.36. The van der Waals surface area contributed by atoms with Crippen molar-refractivity contribution in [3.8, 4) is 17.2 Å². The zero-order valence-electron chi connectivity index (χ0n) is 21.0. The third-order valence-corrected chi connectivity index (χ3v) is 6.99. The molecule has 0 radical (unpaired) electrons. The van der Waals surface area contributed by atoms with E-state index >= 15 is 0 Å². The van der Waals surface area contributed by atoms with Crippen LogP contribution in [0, 0.1) is 5.92 Å². The van der Waals surface area contributed by atoms with Crippen LogP contribution in [0.4, 0.5) is 5.69 Å². The summed E-state index contributed by atoms with van der Waals surface area (Å²) >= 11 is 1.42. The normalized spacial score (nSPS) is 16.7. The van der Waals surface area contributed by atoms with Gasteiger partial charge in [-0.2, -0.15) is 0 Å². The highest BCUT2D eigenvalue weighted by atomic mass is 32.1. The minimum Gasteiger partial charge on any atom is -0.507 e. The second kappa shape index (κ2) is 10.9. The topological polar surface area (TPSA) is 76.1 Å². The number of ether oxygens (including phenoxy) is 2. The molecule has 1 fully saturated rings. The molecule has 1 unspecified atom stereocenters. The Balaban J connectivity index is 1.49. The fraction of sp³-hybridized carbons (Fsp3) is 0.161. The van der Waals surface area contributed by atoms with Gasteiger partial charge >= 0.3 is 0 Å². The molecule has 1 amide bonds. The van der Waals surface area contributed by atoms with E-state index in [1.807, 2.05) is 47.8 Å². The van der Waals surface area contributed by atoms with Crippen molar-refractivity contribution in [1.29, 1.82) is 0 Å². The van der Waals surface area contributed by atoms with Gasteiger partial charge in [-0.3, -0.25) is 14.5 Å². The average molecular weight is 526 g/mol. The number of ketones is 1. The van der Waals surface area contributed by atoms with Crippen LogP contribution in [0.25, 0.3) is 5.76 Å². The number of anilines is 1. The summed E-state index contributed by atoms with van der Waals surface area (Å²) in [6.07, 6.45) is 0. The van der Waals surface area contributed by atoms with Gasteiger partial charge < -0.3 is 14.6 Å². The summed E-state index contributed by atoms with van der Waals surface area (Å²) < 4.78 is 11.6. The van der Waals surface area contributed by atoms with Crippen molar-refractivity contribution in [3.63, 3.8) is 0 Å². The number of carbonyl (C=O) groups is 2. The van der Waals surface area contributed by atoms with Crippen molar-refractivity contribution in [1.82, 2.24) is 0 Å². The Bertz CT molecular complexity index is 1440. The second-order valence-corrected chi connectivity index (χ2v) is 10.3. The van der Waals surface area contributed by atoms with Gasteiger partial charge in [-0.1, -0.05) is 38.1 Å². The molecule has 1 N–H and O–H groups in total. The molecule has 192 valence electrons. The number of nitrogens with zero attached hydrogens (tertiary/aromatic N) is 1. The maximum atomic E-state index is 13.3. The number of Topliss-reactive ketones (excluding diaryl/α,β-unsaturated/α-hetero) is 1. The standard InChI is InChI=1S/C31H27NO5S/c1-20(2)19-36-23-14-10-21(11-15-23)29(33)27-28(26-9-6-18-38-26)32(31(35)30(27)34)22-12-16-25(17-13-22)37-24-7-4-3-5-8-24/h3-18,20,28,33H,19H2,1-2H3/b29-27-. The molecular weight excluding hydrogens is 498 g/mol. The van der Waals surface area contributed by atoms with E-state index in [1.54, 1.807) is 48.5 Å². The molecule has 0 spiro atoms. The number of thiophene rings is 1. The smallest absolute Gasteiger partial charge is 0.300 e. The van der Waals surface area contributed by atoms with Crippen LogP contribution >= 0.6 is 11.3 Å². The highest BCUT2D eigenvalue weighted by Gasteiger charge is 2.47. The molecule has 7 heteroatoms. The SMILES string of the molecule is CC(C)COc1ccc(/C(O)=C2/C(=O)C(=O)N(c3ccc(Oc4ccccc4)cc3)C2c2cccs2)cc1. The van der Waals surface area contributed by atoms with Crippen LogP contribution in [0.3, 0.4) is 0 Å². The van der Waals surface area contributed by atoms with Gasteiger partial charge in [0.25, 0.3) is 11.7 Å². The molecular formula is C31H27NO5S. The molecule has 1 atom stereocenters. The van der Waals surface area contributed by atoms with Crippen LogP contribution in [0.1, 0.15) is 30.3 Å². The lowest BCUT2D eigenvalue weighted by Crippen LogP contribution is -2.29. The number of hydrogen-bond acceptors (Lipinski definition) is 6. The van der Waals surface area contributed by atoms with Gasteiger partial charge in [0, 0.05) is 16.1 Å². The fourth-order valence-electron chi connectivity index (χ4n) is 4.24. The highest BCUT2D eigenvalue weighted by Crippen LogP contribution is 2.44. The summed E-state index contributed by atoms with van der Waals surface area (Å²) in [4.78, 5) is 28.8. The summed E-state index contributed by atoms with van der Waals surface area (Å²) in [6.45, 7) is 4.70. The molecule has 1 aromatic heterocycles. The van der Waals surface area contributed by atoms with Crippen molar-refractivity contribution in [2.75, 3.05) is 11.5 Å². The predicted octanol–water partition coefficient (Wildman–Crippen LogP) is 7.20. The van der Waals surface area contributed by atoms with Gasteiger partial charge in [0.15, 0.2) is 0 Å².